The number of fused-ring (bicyclic) bond motifs is 1. The van der Waals surface area contributed by atoms with Crippen molar-refractivity contribution in [2.45, 2.75) is 25.6 Å². The van der Waals surface area contributed by atoms with Crippen LogP contribution in [0, 0.1) is 11.6 Å². The summed E-state index contributed by atoms with van der Waals surface area (Å²) in [5.41, 5.74) is 2.47. The third-order valence-electron chi connectivity index (χ3n) is 3.57. The monoisotopic (exact) mass is 276 g/mol. The first-order chi connectivity index (χ1) is 9.65. The van der Waals surface area contributed by atoms with E-state index in [0.717, 1.165) is 29.7 Å². The molecule has 0 aromatic heterocycles. The predicted molar refractivity (Wildman–Crippen MR) is 70.4 cm³/mol. The van der Waals surface area contributed by atoms with Crippen LogP contribution in [-0.2, 0) is 13.0 Å². The fourth-order valence-corrected chi connectivity index (χ4v) is 2.52. The fraction of sp³-hybridized carbons (Fsp3) is 0.250. The summed E-state index contributed by atoms with van der Waals surface area (Å²) in [6.45, 7) is 0.170. The van der Waals surface area contributed by atoms with Crippen LogP contribution in [0.25, 0.3) is 0 Å². The molecule has 104 valence electrons. The van der Waals surface area contributed by atoms with Gasteiger partial charge in [0, 0.05) is 5.56 Å². The molecule has 0 aliphatic heterocycles. The molecule has 1 aliphatic rings. The minimum atomic E-state index is -0.875. The smallest absolute Gasteiger partial charge is 0.159 e. The van der Waals surface area contributed by atoms with Crippen LogP contribution in [0.3, 0.4) is 0 Å². The number of hydrogen-bond donors (Lipinski definition) is 1. The largest absolute Gasteiger partial charge is 0.489 e. The Labute approximate surface area is 115 Å². The summed E-state index contributed by atoms with van der Waals surface area (Å²) >= 11 is 0. The molecule has 0 saturated carbocycles. The highest BCUT2D eigenvalue weighted by Crippen LogP contribution is 2.36. The zero-order valence-corrected chi connectivity index (χ0v) is 10.8. The van der Waals surface area contributed by atoms with E-state index < -0.39 is 17.7 Å². The standard InChI is InChI=1S/C16H14F2O2/c17-13-6-4-10(8-14(13)18)9-20-16-3-1-2-11-12(16)5-7-15(11)19/h1-4,6,8,15,19H,5,7,9H2. The van der Waals surface area contributed by atoms with Crippen LogP contribution in [0.5, 0.6) is 5.75 Å². The third-order valence-corrected chi connectivity index (χ3v) is 3.57. The molecule has 2 nitrogen and oxygen atoms in total. The molecule has 3 rings (SSSR count). The Hall–Kier alpha value is -1.94. The molecule has 2 aromatic carbocycles. The van der Waals surface area contributed by atoms with Crippen LogP contribution in [0.2, 0.25) is 0 Å². The Kier molecular flexibility index (Phi) is 3.40. The Morgan fingerprint density at radius 3 is 2.80 bits per heavy atom. The van der Waals surface area contributed by atoms with Crippen molar-refractivity contribution in [3.05, 3.63) is 64.7 Å². The van der Waals surface area contributed by atoms with Crippen LogP contribution < -0.4 is 4.74 Å². The molecule has 1 atom stereocenters. The van der Waals surface area contributed by atoms with Crippen LogP contribution in [-0.4, -0.2) is 5.11 Å². The Balaban J connectivity index is 1.77. The minimum Gasteiger partial charge on any atom is -0.489 e. The lowest BCUT2D eigenvalue weighted by atomic mass is 10.1. The van der Waals surface area contributed by atoms with Crippen molar-refractivity contribution in [2.75, 3.05) is 0 Å². The number of aliphatic hydroxyl groups is 1. The van der Waals surface area contributed by atoms with Crippen molar-refractivity contribution in [1.29, 1.82) is 0 Å². The number of ether oxygens (including phenoxy) is 1. The second-order valence-electron chi connectivity index (χ2n) is 4.92. The molecule has 0 bridgehead atoms. The quantitative estimate of drug-likeness (QED) is 0.929. The maximum atomic E-state index is 13.1. The molecule has 1 unspecified atom stereocenters. The summed E-state index contributed by atoms with van der Waals surface area (Å²) in [7, 11) is 0. The van der Waals surface area contributed by atoms with Crippen molar-refractivity contribution in [3.63, 3.8) is 0 Å². The maximum absolute atomic E-state index is 13.1. The Morgan fingerprint density at radius 2 is 2.00 bits per heavy atom. The molecular weight excluding hydrogens is 262 g/mol. The van der Waals surface area contributed by atoms with Gasteiger partial charge in [-0.2, -0.15) is 0 Å². The molecule has 20 heavy (non-hydrogen) atoms. The maximum Gasteiger partial charge on any atom is 0.159 e. The van der Waals surface area contributed by atoms with Gasteiger partial charge in [0.2, 0.25) is 0 Å². The number of aliphatic hydroxyl groups excluding tert-OH is 1. The normalized spacial score (nSPS) is 17.1. The number of halogens is 2. The molecule has 0 heterocycles. The zero-order valence-electron chi connectivity index (χ0n) is 10.8. The van der Waals surface area contributed by atoms with Crippen molar-refractivity contribution < 1.29 is 18.6 Å². The SMILES string of the molecule is OC1CCc2c(OCc3ccc(F)c(F)c3)cccc21. The fourth-order valence-electron chi connectivity index (χ4n) is 2.52. The van der Waals surface area contributed by atoms with Crippen LogP contribution >= 0.6 is 0 Å². The van der Waals surface area contributed by atoms with E-state index in [0.29, 0.717) is 17.7 Å². The van der Waals surface area contributed by atoms with Crippen LogP contribution in [0.4, 0.5) is 8.78 Å². The molecule has 0 radical (unpaired) electrons. The molecule has 1 aliphatic carbocycles. The van der Waals surface area contributed by atoms with E-state index in [4.69, 9.17) is 4.74 Å². The summed E-state index contributed by atoms with van der Waals surface area (Å²) < 4.78 is 31.6. The van der Waals surface area contributed by atoms with E-state index in [1.54, 1.807) is 0 Å². The zero-order chi connectivity index (χ0) is 14.1. The van der Waals surface area contributed by atoms with Gasteiger partial charge in [0.15, 0.2) is 11.6 Å². The number of hydrogen-bond acceptors (Lipinski definition) is 2. The summed E-state index contributed by atoms with van der Waals surface area (Å²) in [5, 5.41) is 9.81. The van der Waals surface area contributed by atoms with Gasteiger partial charge < -0.3 is 9.84 Å². The molecule has 0 saturated heterocycles. The molecule has 1 N–H and O–H groups in total. The molecule has 0 amide bonds. The Morgan fingerprint density at radius 1 is 1.15 bits per heavy atom. The van der Waals surface area contributed by atoms with Gasteiger partial charge >= 0.3 is 0 Å². The summed E-state index contributed by atoms with van der Waals surface area (Å²) in [6.07, 6.45) is 1.03. The van der Waals surface area contributed by atoms with Crippen molar-refractivity contribution >= 4 is 0 Å². The molecular formula is C16H14F2O2. The van der Waals surface area contributed by atoms with E-state index >= 15 is 0 Å². The number of benzene rings is 2. The first-order valence-corrected chi connectivity index (χ1v) is 6.52. The summed E-state index contributed by atoms with van der Waals surface area (Å²) in [5.74, 6) is -1.04. The van der Waals surface area contributed by atoms with Crippen LogP contribution in [0.1, 0.15) is 29.2 Å². The highest BCUT2D eigenvalue weighted by molar-refractivity contribution is 5.44. The molecule has 2 aromatic rings. The summed E-state index contributed by atoms with van der Waals surface area (Å²) in [6, 6.07) is 9.26. The third kappa shape index (κ3) is 2.39. The molecule has 0 spiro atoms. The van der Waals surface area contributed by atoms with Gasteiger partial charge in [0.25, 0.3) is 0 Å². The van der Waals surface area contributed by atoms with E-state index in [1.165, 1.54) is 6.07 Å². The van der Waals surface area contributed by atoms with Crippen LogP contribution in [0.15, 0.2) is 36.4 Å². The van der Waals surface area contributed by atoms with E-state index in [1.807, 2.05) is 18.2 Å². The lowest BCUT2D eigenvalue weighted by Gasteiger charge is -2.11. The van der Waals surface area contributed by atoms with Gasteiger partial charge in [-0.15, -0.1) is 0 Å². The summed E-state index contributed by atoms with van der Waals surface area (Å²) in [4.78, 5) is 0. The van der Waals surface area contributed by atoms with E-state index in [2.05, 4.69) is 0 Å². The van der Waals surface area contributed by atoms with Gasteiger partial charge in [0.1, 0.15) is 12.4 Å². The highest BCUT2D eigenvalue weighted by Gasteiger charge is 2.23. The first-order valence-electron chi connectivity index (χ1n) is 6.52. The van der Waals surface area contributed by atoms with Gasteiger partial charge in [-0.1, -0.05) is 18.2 Å². The predicted octanol–water partition coefficient (Wildman–Crippen LogP) is 3.52. The lowest BCUT2D eigenvalue weighted by Crippen LogP contribution is -2.00. The first kappa shape index (κ1) is 13.1. The van der Waals surface area contributed by atoms with Gasteiger partial charge in [-0.25, -0.2) is 8.78 Å². The van der Waals surface area contributed by atoms with Gasteiger partial charge in [-0.3, -0.25) is 0 Å². The Bertz CT molecular complexity index is 640. The topological polar surface area (TPSA) is 29.5 Å². The van der Waals surface area contributed by atoms with Gasteiger partial charge in [0.05, 0.1) is 6.10 Å². The van der Waals surface area contributed by atoms with E-state index in [-0.39, 0.29) is 6.61 Å². The van der Waals surface area contributed by atoms with Crippen molar-refractivity contribution in [1.82, 2.24) is 0 Å². The van der Waals surface area contributed by atoms with Gasteiger partial charge in [-0.05, 0) is 42.2 Å². The second-order valence-corrected chi connectivity index (χ2v) is 4.92. The van der Waals surface area contributed by atoms with E-state index in [9.17, 15) is 13.9 Å². The van der Waals surface area contributed by atoms with Crippen molar-refractivity contribution in [3.8, 4) is 5.75 Å². The highest BCUT2D eigenvalue weighted by atomic mass is 19.2. The van der Waals surface area contributed by atoms with Crippen molar-refractivity contribution in [2.24, 2.45) is 0 Å². The average molecular weight is 276 g/mol. The molecule has 4 heteroatoms. The second kappa shape index (κ2) is 5.21. The molecule has 0 fully saturated rings. The lowest BCUT2D eigenvalue weighted by molar-refractivity contribution is 0.180. The number of rotatable bonds is 3. The average Bonchev–Trinajstić information content (AvgIpc) is 2.83. The minimum absolute atomic E-state index is 0.170.